The molecule has 33 heavy (non-hydrogen) atoms. The van der Waals surface area contributed by atoms with Gasteiger partial charge in [0.15, 0.2) is 0 Å². The van der Waals surface area contributed by atoms with Gasteiger partial charge in [0.2, 0.25) is 21.8 Å². The largest absolute Gasteiger partial charge is 0.355 e. The Balaban J connectivity index is 2.47. The molecule has 11 heteroatoms. The van der Waals surface area contributed by atoms with Gasteiger partial charge in [0, 0.05) is 13.1 Å². The van der Waals surface area contributed by atoms with Crippen molar-refractivity contribution in [3.63, 3.8) is 0 Å². The number of sulfonamides is 1. The van der Waals surface area contributed by atoms with Gasteiger partial charge < -0.3 is 10.2 Å². The molecule has 2 aromatic carbocycles. The summed E-state index contributed by atoms with van der Waals surface area (Å²) in [6.07, 6.45) is 1.32. The fourth-order valence-electron chi connectivity index (χ4n) is 3.29. The van der Waals surface area contributed by atoms with E-state index in [2.05, 4.69) is 5.32 Å². The Hall–Kier alpha value is -2.00. The van der Waals surface area contributed by atoms with Crippen LogP contribution in [0.3, 0.4) is 0 Å². The maximum Gasteiger partial charge on any atom is 0.244 e. The van der Waals surface area contributed by atoms with Crippen molar-refractivity contribution in [2.24, 2.45) is 0 Å². The van der Waals surface area contributed by atoms with E-state index < -0.39 is 28.5 Å². The monoisotopic (exact) mass is 533 g/mol. The molecule has 0 aromatic heterocycles. The number of amides is 2. The van der Waals surface area contributed by atoms with Crippen molar-refractivity contribution in [1.29, 1.82) is 0 Å². The Bertz CT molecular complexity index is 1110. The molecule has 180 valence electrons. The normalized spacial score (nSPS) is 12.2. The molecule has 0 saturated heterocycles. The lowest BCUT2D eigenvalue weighted by atomic mass is 10.1. The van der Waals surface area contributed by atoms with Crippen molar-refractivity contribution in [2.75, 3.05) is 23.7 Å². The van der Waals surface area contributed by atoms with Crippen molar-refractivity contribution < 1.29 is 18.0 Å². The number of nitrogens with zero attached hydrogens (tertiary/aromatic N) is 2. The topological polar surface area (TPSA) is 86.8 Å². The van der Waals surface area contributed by atoms with E-state index in [-0.39, 0.29) is 23.2 Å². The third-order valence-electron chi connectivity index (χ3n) is 4.87. The second kappa shape index (κ2) is 11.9. The van der Waals surface area contributed by atoms with Crippen molar-refractivity contribution in [1.82, 2.24) is 10.2 Å². The molecular weight excluding hydrogens is 509 g/mol. The number of carbonyl (C=O) groups excluding carboxylic acids is 2. The molecule has 1 unspecified atom stereocenters. The lowest BCUT2D eigenvalue weighted by Crippen LogP contribution is -2.52. The van der Waals surface area contributed by atoms with Crippen LogP contribution < -0.4 is 9.62 Å². The first-order chi connectivity index (χ1) is 15.5. The summed E-state index contributed by atoms with van der Waals surface area (Å²) in [5.74, 6) is -0.901. The number of halogens is 3. The SMILES string of the molecule is CCNC(=O)C(CC)N(Cc1ccc(Cl)c(Cl)c1)C(=O)CN(c1ccccc1Cl)S(C)(=O)=O. The van der Waals surface area contributed by atoms with Crippen molar-refractivity contribution in [3.05, 3.63) is 63.1 Å². The predicted molar refractivity (Wildman–Crippen MR) is 133 cm³/mol. The van der Waals surface area contributed by atoms with Crippen LogP contribution in [0.1, 0.15) is 25.8 Å². The molecule has 2 aromatic rings. The molecule has 0 spiro atoms. The number of hydrogen-bond acceptors (Lipinski definition) is 4. The zero-order chi connectivity index (χ0) is 24.8. The molecule has 1 atom stereocenters. The molecule has 0 heterocycles. The highest BCUT2D eigenvalue weighted by Gasteiger charge is 2.32. The summed E-state index contributed by atoms with van der Waals surface area (Å²) in [6.45, 7) is 3.44. The fourth-order valence-corrected chi connectivity index (χ4v) is 4.76. The molecular formula is C22H26Cl3N3O4S. The smallest absolute Gasteiger partial charge is 0.244 e. The van der Waals surface area contributed by atoms with Crippen LogP contribution in [0.4, 0.5) is 5.69 Å². The maximum atomic E-state index is 13.5. The summed E-state index contributed by atoms with van der Waals surface area (Å²) >= 11 is 18.3. The number of benzene rings is 2. The third-order valence-corrected chi connectivity index (χ3v) is 7.06. The molecule has 0 radical (unpaired) electrons. The summed E-state index contributed by atoms with van der Waals surface area (Å²) in [5, 5.41) is 3.58. The van der Waals surface area contributed by atoms with Crippen molar-refractivity contribution >= 4 is 62.3 Å². The van der Waals surface area contributed by atoms with E-state index >= 15 is 0 Å². The van der Waals surface area contributed by atoms with Gasteiger partial charge in [0.05, 0.1) is 27.0 Å². The molecule has 2 rings (SSSR count). The van der Waals surface area contributed by atoms with Gasteiger partial charge in [-0.15, -0.1) is 0 Å². The van der Waals surface area contributed by atoms with Crippen LogP contribution in [0, 0.1) is 0 Å². The second-order valence-corrected chi connectivity index (χ2v) is 10.4. The molecule has 0 aliphatic carbocycles. The van der Waals surface area contributed by atoms with Gasteiger partial charge in [-0.25, -0.2) is 8.42 Å². The van der Waals surface area contributed by atoms with Gasteiger partial charge in [0.25, 0.3) is 0 Å². The van der Waals surface area contributed by atoms with E-state index in [0.29, 0.717) is 28.6 Å². The molecule has 0 saturated carbocycles. The van der Waals surface area contributed by atoms with Crippen molar-refractivity contribution in [3.8, 4) is 0 Å². The zero-order valence-electron chi connectivity index (χ0n) is 18.5. The average molecular weight is 535 g/mol. The quantitative estimate of drug-likeness (QED) is 0.491. The minimum absolute atomic E-state index is 0.0332. The Morgan fingerprint density at radius 3 is 2.21 bits per heavy atom. The summed E-state index contributed by atoms with van der Waals surface area (Å²) < 4.78 is 26.0. The van der Waals surface area contributed by atoms with Gasteiger partial charge in [-0.1, -0.05) is 59.9 Å². The number of hydrogen-bond donors (Lipinski definition) is 1. The highest BCUT2D eigenvalue weighted by Crippen LogP contribution is 2.28. The molecule has 1 N–H and O–H groups in total. The molecule has 0 fully saturated rings. The Morgan fingerprint density at radius 1 is 1.00 bits per heavy atom. The van der Waals surface area contributed by atoms with Crippen LogP contribution in [-0.2, 0) is 26.2 Å². The highest BCUT2D eigenvalue weighted by molar-refractivity contribution is 7.92. The molecule has 2 amide bonds. The van der Waals surface area contributed by atoms with Gasteiger partial charge in [-0.3, -0.25) is 13.9 Å². The van der Waals surface area contributed by atoms with Crippen LogP contribution in [0.5, 0.6) is 0 Å². The summed E-state index contributed by atoms with van der Waals surface area (Å²) in [6, 6.07) is 10.4. The number of anilines is 1. The first-order valence-electron chi connectivity index (χ1n) is 10.2. The van der Waals surface area contributed by atoms with Crippen LogP contribution in [0.25, 0.3) is 0 Å². The maximum absolute atomic E-state index is 13.5. The second-order valence-electron chi connectivity index (χ2n) is 7.31. The Kier molecular flexibility index (Phi) is 9.84. The number of nitrogens with one attached hydrogen (secondary N) is 1. The van der Waals surface area contributed by atoms with Gasteiger partial charge in [-0.05, 0) is 43.2 Å². The van der Waals surface area contributed by atoms with Crippen LogP contribution in [-0.4, -0.2) is 50.5 Å². The zero-order valence-corrected chi connectivity index (χ0v) is 21.6. The van der Waals surface area contributed by atoms with Gasteiger partial charge in [-0.2, -0.15) is 0 Å². The van der Waals surface area contributed by atoms with Crippen LogP contribution in [0.2, 0.25) is 15.1 Å². The summed E-state index contributed by atoms with van der Waals surface area (Å²) in [4.78, 5) is 27.6. The van der Waals surface area contributed by atoms with E-state index in [1.54, 1.807) is 44.2 Å². The number of rotatable bonds is 10. The van der Waals surface area contributed by atoms with E-state index in [1.165, 1.54) is 17.0 Å². The Labute approximate surface area is 209 Å². The third kappa shape index (κ3) is 7.24. The minimum atomic E-state index is -3.85. The van der Waals surface area contributed by atoms with E-state index in [9.17, 15) is 18.0 Å². The van der Waals surface area contributed by atoms with Gasteiger partial charge in [0.1, 0.15) is 12.6 Å². The Morgan fingerprint density at radius 2 is 1.67 bits per heavy atom. The molecule has 0 bridgehead atoms. The van der Waals surface area contributed by atoms with Crippen LogP contribution in [0.15, 0.2) is 42.5 Å². The fraction of sp³-hybridized carbons (Fsp3) is 0.364. The highest BCUT2D eigenvalue weighted by atomic mass is 35.5. The summed E-state index contributed by atoms with van der Waals surface area (Å²) in [7, 11) is -3.85. The average Bonchev–Trinajstić information content (AvgIpc) is 2.74. The van der Waals surface area contributed by atoms with E-state index in [0.717, 1.165) is 10.6 Å². The van der Waals surface area contributed by atoms with Gasteiger partial charge >= 0.3 is 0 Å². The minimum Gasteiger partial charge on any atom is -0.355 e. The molecule has 0 aliphatic rings. The first-order valence-corrected chi connectivity index (χ1v) is 13.2. The number of carbonyl (C=O) groups is 2. The van der Waals surface area contributed by atoms with Crippen molar-refractivity contribution in [2.45, 2.75) is 32.9 Å². The lowest BCUT2D eigenvalue weighted by molar-refractivity contribution is -0.140. The first kappa shape index (κ1) is 27.2. The molecule has 7 nitrogen and oxygen atoms in total. The van der Waals surface area contributed by atoms with E-state index in [4.69, 9.17) is 34.8 Å². The summed E-state index contributed by atoms with van der Waals surface area (Å²) in [5.41, 5.74) is 0.819. The number of para-hydroxylation sites is 1. The van der Waals surface area contributed by atoms with Crippen LogP contribution >= 0.6 is 34.8 Å². The predicted octanol–water partition coefficient (Wildman–Crippen LogP) is 4.36. The molecule has 0 aliphatic heterocycles. The standard InChI is InChI=1S/C22H26Cl3N3O4S/c1-4-19(22(30)26-5-2)27(13-15-10-11-16(23)18(25)12-15)21(29)14-28(33(3,31)32)20-9-7-6-8-17(20)24/h6-12,19H,4-5,13-14H2,1-3H3,(H,26,30). The lowest BCUT2D eigenvalue weighted by Gasteiger charge is -2.33. The number of likely N-dealkylation sites (N-methyl/N-ethyl adjacent to an activating group) is 1. The van der Waals surface area contributed by atoms with E-state index in [1.807, 2.05) is 0 Å².